The molecule has 4 unspecified atom stereocenters. The van der Waals surface area contributed by atoms with E-state index < -0.39 is 0 Å². The molecule has 0 aromatic heterocycles. The summed E-state index contributed by atoms with van der Waals surface area (Å²) in [7, 11) is 0. The summed E-state index contributed by atoms with van der Waals surface area (Å²) in [5.41, 5.74) is 0.541. The van der Waals surface area contributed by atoms with E-state index in [0.717, 1.165) is 23.3 Å². The molecule has 2 aliphatic rings. The van der Waals surface area contributed by atoms with E-state index in [2.05, 4.69) is 44.1 Å². The molecule has 0 aliphatic heterocycles. The van der Waals surface area contributed by atoms with Gasteiger partial charge in [-0.1, -0.05) is 33.6 Å². The van der Waals surface area contributed by atoms with Gasteiger partial charge >= 0.3 is 0 Å². The van der Waals surface area contributed by atoms with Crippen molar-refractivity contribution < 1.29 is 0 Å². The zero-order valence-corrected chi connectivity index (χ0v) is 13.5. The van der Waals surface area contributed by atoms with Gasteiger partial charge in [0.1, 0.15) is 0 Å². The lowest BCUT2D eigenvalue weighted by Crippen LogP contribution is -2.49. The van der Waals surface area contributed by atoms with Crippen LogP contribution in [-0.2, 0) is 0 Å². The molecular formula is C16H31NS. The maximum atomic E-state index is 4.02. The average molecular weight is 269 g/mol. The zero-order valence-electron chi connectivity index (χ0n) is 12.7. The summed E-state index contributed by atoms with van der Waals surface area (Å²) in [6.45, 7) is 7.33. The Labute approximate surface area is 118 Å². The molecule has 2 rings (SSSR count). The topological polar surface area (TPSA) is 12.0 Å². The van der Waals surface area contributed by atoms with Crippen molar-refractivity contribution in [3.63, 3.8) is 0 Å². The quantitative estimate of drug-likeness (QED) is 0.811. The van der Waals surface area contributed by atoms with Crippen molar-refractivity contribution in [2.24, 2.45) is 11.3 Å². The van der Waals surface area contributed by atoms with Crippen LogP contribution in [0, 0.1) is 11.3 Å². The molecule has 0 radical (unpaired) electrons. The Balaban J connectivity index is 1.91. The Kier molecular flexibility index (Phi) is 5.05. The smallest absolute Gasteiger partial charge is 0.0198 e. The SMILES string of the molecule is CSC1CCCCC1NC1CC(C)CC(C)(C)C1. The van der Waals surface area contributed by atoms with Crippen LogP contribution in [-0.4, -0.2) is 23.6 Å². The fourth-order valence-electron chi connectivity index (χ4n) is 4.35. The van der Waals surface area contributed by atoms with Crippen LogP contribution >= 0.6 is 11.8 Å². The van der Waals surface area contributed by atoms with Crippen molar-refractivity contribution >= 4 is 11.8 Å². The number of rotatable bonds is 3. The highest BCUT2D eigenvalue weighted by Crippen LogP contribution is 2.39. The Hall–Kier alpha value is 0.310. The van der Waals surface area contributed by atoms with E-state index in [1.165, 1.54) is 44.9 Å². The molecule has 1 nitrogen and oxygen atoms in total. The molecule has 18 heavy (non-hydrogen) atoms. The monoisotopic (exact) mass is 269 g/mol. The van der Waals surface area contributed by atoms with E-state index >= 15 is 0 Å². The lowest BCUT2D eigenvalue weighted by molar-refractivity contribution is 0.140. The van der Waals surface area contributed by atoms with Gasteiger partial charge in [-0.25, -0.2) is 0 Å². The van der Waals surface area contributed by atoms with Crippen LogP contribution in [0.25, 0.3) is 0 Å². The minimum absolute atomic E-state index is 0.541. The number of hydrogen-bond acceptors (Lipinski definition) is 2. The Morgan fingerprint density at radius 3 is 2.50 bits per heavy atom. The first-order valence-corrected chi connectivity index (χ1v) is 9.08. The van der Waals surface area contributed by atoms with E-state index in [-0.39, 0.29) is 0 Å². The predicted octanol–water partition coefficient (Wildman–Crippen LogP) is 4.47. The van der Waals surface area contributed by atoms with Gasteiger partial charge in [-0.15, -0.1) is 0 Å². The summed E-state index contributed by atoms with van der Waals surface area (Å²) < 4.78 is 0. The van der Waals surface area contributed by atoms with E-state index in [1.807, 2.05) is 0 Å². The molecule has 0 heterocycles. The second-order valence-electron chi connectivity index (χ2n) is 7.44. The van der Waals surface area contributed by atoms with Crippen LogP contribution in [0.2, 0.25) is 0 Å². The molecule has 1 N–H and O–H groups in total. The van der Waals surface area contributed by atoms with Crippen molar-refractivity contribution in [1.82, 2.24) is 5.32 Å². The molecule has 0 aromatic rings. The van der Waals surface area contributed by atoms with Gasteiger partial charge in [0.05, 0.1) is 0 Å². The van der Waals surface area contributed by atoms with Crippen LogP contribution in [0.4, 0.5) is 0 Å². The lowest BCUT2D eigenvalue weighted by Gasteiger charge is -2.42. The molecule has 0 bridgehead atoms. The zero-order chi connectivity index (χ0) is 13.2. The van der Waals surface area contributed by atoms with E-state index in [0.29, 0.717) is 5.41 Å². The number of hydrogen-bond donors (Lipinski definition) is 1. The maximum Gasteiger partial charge on any atom is 0.0198 e. The standard InChI is InChI=1S/C16H31NS/c1-12-9-13(11-16(2,3)10-12)17-14-7-5-6-8-15(14)18-4/h12-15,17H,5-11H2,1-4H3. The second kappa shape index (κ2) is 6.17. The predicted molar refractivity (Wildman–Crippen MR) is 83.3 cm³/mol. The molecule has 4 atom stereocenters. The third-order valence-electron chi connectivity index (χ3n) is 4.84. The van der Waals surface area contributed by atoms with Crippen LogP contribution in [0.15, 0.2) is 0 Å². The van der Waals surface area contributed by atoms with Crippen LogP contribution in [0.1, 0.15) is 65.7 Å². The highest BCUT2D eigenvalue weighted by atomic mass is 32.2. The van der Waals surface area contributed by atoms with E-state index in [4.69, 9.17) is 0 Å². The molecule has 0 amide bonds. The van der Waals surface area contributed by atoms with Gasteiger partial charge in [0.25, 0.3) is 0 Å². The van der Waals surface area contributed by atoms with Crippen molar-refractivity contribution in [3.8, 4) is 0 Å². The van der Waals surface area contributed by atoms with E-state index in [9.17, 15) is 0 Å². The first kappa shape index (κ1) is 14.7. The fourth-order valence-corrected chi connectivity index (χ4v) is 5.29. The van der Waals surface area contributed by atoms with Crippen molar-refractivity contribution in [3.05, 3.63) is 0 Å². The first-order chi connectivity index (χ1) is 8.50. The van der Waals surface area contributed by atoms with Gasteiger partial charge in [-0.3, -0.25) is 0 Å². The molecule has 2 fully saturated rings. The Bertz CT molecular complexity index is 264. The summed E-state index contributed by atoms with van der Waals surface area (Å²) in [5.74, 6) is 0.891. The van der Waals surface area contributed by atoms with Crippen LogP contribution in [0.5, 0.6) is 0 Å². The third-order valence-corrected chi connectivity index (χ3v) is 6.01. The van der Waals surface area contributed by atoms with Crippen LogP contribution in [0.3, 0.4) is 0 Å². The summed E-state index contributed by atoms with van der Waals surface area (Å²) in [6.07, 6.45) is 12.1. The minimum atomic E-state index is 0.541. The molecule has 106 valence electrons. The summed E-state index contributed by atoms with van der Waals surface area (Å²) >= 11 is 2.08. The number of thioether (sulfide) groups is 1. The summed E-state index contributed by atoms with van der Waals surface area (Å²) in [4.78, 5) is 0. The van der Waals surface area contributed by atoms with Gasteiger partial charge in [0.2, 0.25) is 0 Å². The minimum Gasteiger partial charge on any atom is -0.310 e. The Morgan fingerprint density at radius 1 is 1.11 bits per heavy atom. The van der Waals surface area contributed by atoms with Crippen molar-refractivity contribution in [1.29, 1.82) is 0 Å². The largest absolute Gasteiger partial charge is 0.310 e. The molecule has 2 saturated carbocycles. The van der Waals surface area contributed by atoms with Gasteiger partial charge in [0, 0.05) is 17.3 Å². The van der Waals surface area contributed by atoms with Gasteiger partial charge in [-0.05, 0) is 49.7 Å². The summed E-state index contributed by atoms with van der Waals surface area (Å²) in [5, 5.41) is 4.88. The molecule has 2 heteroatoms. The van der Waals surface area contributed by atoms with Gasteiger partial charge < -0.3 is 5.32 Å². The normalized spacial score (nSPS) is 40.7. The second-order valence-corrected chi connectivity index (χ2v) is 8.52. The van der Waals surface area contributed by atoms with Crippen molar-refractivity contribution in [2.75, 3.05) is 6.26 Å². The van der Waals surface area contributed by atoms with Crippen molar-refractivity contribution in [2.45, 2.75) is 83.1 Å². The third kappa shape index (κ3) is 3.90. The molecular weight excluding hydrogens is 238 g/mol. The molecule has 0 aromatic carbocycles. The molecule has 0 spiro atoms. The lowest BCUT2D eigenvalue weighted by atomic mass is 9.70. The number of nitrogens with one attached hydrogen (secondary N) is 1. The summed E-state index contributed by atoms with van der Waals surface area (Å²) in [6, 6.07) is 1.54. The maximum absolute atomic E-state index is 4.02. The highest BCUT2D eigenvalue weighted by molar-refractivity contribution is 7.99. The van der Waals surface area contributed by atoms with Gasteiger partial charge in [0.15, 0.2) is 0 Å². The van der Waals surface area contributed by atoms with E-state index in [1.54, 1.807) is 0 Å². The molecule has 2 aliphatic carbocycles. The first-order valence-electron chi connectivity index (χ1n) is 7.79. The Morgan fingerprint density at radius 2 is 1.83 bits per heavy atom. The van der Waals surface area contributed by atoms with Crippen LogP contribution < -0.4 is 5.32 Å². The molecule has 0 saturated heterocycles. The average Bonchev–Trinajstić information content (AvgIpc) is 2.27. The fraction of sp³-hybridized carbons (Fsp3) is 1.00. The van der Waals surface area contributed by atoms with Gasteiger partial charge in [-0.2, -0.15) is 11.8 Å². The highest BCUT2D eigenvalue weighted by Gasteiger charge is 2.34.